The maximum Gasteiger partial charge on any atom is 0.222 e. The van der Waals surface area contributed by atoms with Crippen molar-refractivity contribution in [3.63, 3.8) is 0 Å². The summed E-state index contributed by atoms with van der Waals surface area (Å²) >= 11 is 5.25. The van der Waals surface area contributed by atoms with Gasteiger partial charge in [0.25, 0.3) is 0 Å². The lowest BCUT2D eigenvalue weighted by Gasteiger charge is -2.18. The number of amides is 1. The smallest absolute Gasteiger partial charge is 0.222 e. The zero-order valence-electron chi connectivity index (χ0n) is 11.5. The number of nitrogens with two attached hydrogens (primary N) is 1. The van der Waals surface area contributed by atoms with Crippen LogP contribution in [0, 0.1) is 0 Å². The molecule has 0 unspecified atom stereocenters. The first-order chi connectivity index (χ1) is 9.08. The summed E-state index contributed by atoms with van der Waals surface area (Å²) < 4.78 is 1.02. The van der Waals surface area contributed by atoms with Crippen molar-refractivity contribution >= 4 is 39.3 Å². The molecule has 106 valence electrons. The lowest BCUT2D eigenvalue weighted by Crippen LogP contribution is -2.30. The van der Waals surface area contributed by atoms with Gasteiger partial charge in [-0.1, -0.05) is 0 Å². The Morgan fingerprint density at radius 3 is 2.63 bits per heavy atom. The molecule has 0 bridgehead atoms. The molecule has 3 nitrogen and oxygen atoms in total. The van der Waals surface area contributed by atoms with Crippen molar-refractivity contribution in [2.75, 3.05) is 24.6 Å². The number of rotatable bonds is 7. The molecule has 1 amide bonds. The van der Waals surface area contributed by atoms with E-state index in [1.54, 1.807) is 11.8 Å². The molecule has 0 saturated heterocycles. The van der Waals surface area contributed by atoms with E-state index in [4.69, 9.17) is 5.73 Å². The summed E-state index contributed by atoms with van der Waals surface area (Å²) in [6, 6.07) is 5.81. The summed E-state index contributed by atoms with van der Waals surface area (Å²) in [7, 11) is 0. The zero-order chi connectivity index (χ0) is 14.3. The Balaban J connectivity index is 2.33. The fourth-order valence-corrected chi connectivity index (χ4v) is 3.38. The lowest BCUT2D eigenvalue weighted by atomic mass is 10.3. The Morgan fingerprint density at radius 1 is 1.37 bits per heavy atom. The third-order valence-corrected chi connectivity index (χ3v) is 4.94. The Bertz CT molecular complexity index is 422. The number of carbonyl (C=O) groups excluding carboxylic acids is 1. The van der Waals surface area contributed by atoms with Crippen LogP contribution < -0.4 is 5.73 Å². The number of halogens is 1. The minimum Gasteiger partial charge on any atom is -0.399 e. The van der Waals surface area contributed by atoms with Gasteiger partial charge in [-0.15, -0.1) is 11.8 Å². The number of carbonyl (C=O) groups is 1. The van der Waals surface area contributed by atoms with E-state index >= 15 is 0 Å². The van der Waals surface area contributed by atoms with Gasteiger partial charge in [0.15, 0.2) is 0 Å². The highest BCUT2D eigenvalue weighted by atomic mass is 79.9. The number of hydrogen-bond donors (Lipinski definition) is 1. The topological polar surface area (TPSA) is 46.3 Å². The highest BCUT2D eigenvalue weighted by molar-refractivity contribution is 9.10. The molecule has 0 aromatic heterocycles. The number of benzene rings is 1. The highest BCUT2D eigenvalue weighted by Crippen LogP contribution is 2.29. The summed E-state index contributed by atoms with van der Waals surface area (Å²) in [5, 5.41) is 0. The van der Waals surface area contributed by atoms with Crippen LogP contribution in [0.1, 0.15) is 26.7 Å². The minimum absolute atomic E-state index is 0.252. The number of nitrogen functional groups attached to an aromatic ring is 1. The van der Waals surface area contributed by atoms with E-state index in [1.807, 2.05) is 36.9 Å². The van der Waals surface area contributed by atoms with Crippen LogP contribution >= 0.6 is 27.7 Å². The molecule has 1 rings (SSSR count). The first kappa shape index (κ1) is 16.4. The molecule has 0 spiro atoms. The van der Waals surface area contributed by atoms with Gasteiger partial charge in [-0.2, -0.15) is 0 Å². The zero-order valence-corrected chi connectivity index (χ0v) is 13.9. The number of nitrogens with zero attached hydrogens (tertiary/aromatic N) is 1. The molecule has 5 heteroatoms. The van der Waals surface area contributed by atoms with E-state index in [0.29, 0.717) is 6.42 Å². The van der Waals surface area contributed by atoms with E-state index < -0.39 is 0 Å². The third kappa shape index (κ3) is 5.45. The average Bonchev–Trinajstić information content (AvgIpc) is 2.38. The fraction of sp³-hybridized carbons (Fsp3) is 0.500. The second-order valence-corrected chi connectivity index (χ2v) is 6.20. The normalized spacial score (nSPS) is 10.5. The summed E-state index contributed by atoms with van der Waals surface area (Å²) in [5.74, 6) is 1.19. The first-order valence-electron chi connectivity index (χ1n) is 6.54. The van der Waals surface area contributed by atoms with E-state index in [2.05, 4.69) is 15.9 Å². The van der Waals surface area contributed by atoms with Crippen LogP contribution in [0.5, 0.6) is 0 Å². The van der Waals surface area contributed by atoms with Crippen molar-refractivity contribution in [2.45, 2.75) is 31.6 Å². The van der Waals surface area contributed by atoms with Crippen LogP contribution in [-0.4, -0.2) is 29.6 Å². The Morgan fingerprint density at radius 2 is 2.05 bits per heavy atom. The molecular formula is C14H21BrN2OS. The maximum absolute atomic E-state index is 11.8. The van der Waals surface area contributed by atoms with Crippen molar-refractivity contribution in [1.82, 2.24) is 4.90 Å². The van der Waals surface area contributed by atoms with E-state index in [-0.39, 0.29) is 5.91 Å². The average molecular weight is 345 g/mol. The first-order valence-corrected chi connectivity index (χ1v) is 8.32. The number of thioether (sulfide) groups is 1. The van der Waals surface area contributed by atoms with Crippen molar-refractivity contribution in [1.29, 1.82) is 0 Å². The van der Waals surface area contributed by atoms with Gasteiger partial charge < -0.3 is 10.6 Å². The van der Waals surface area contributed by atoms with E-state index in [0.717, 1.165) is 35.4 Å². The summed E-state index contributed by atoms with van der Waals surface area (Å²) in [6.45, 7) is 5.63. The molecule has 0 aliphatic carbocycles. The van der Waals surface area contributed by atoms with Crippen molar-refractivity contribution in [3.05, 3.63) is 22.7 Å². The van der Waals surface area contributed by atoms with Crippen molar-refractivity contribution in [2.24, 2.45) is 0 Å². The highest BCUT2D eigenvalue weighted by Gasteiger charge is 2.09. The van der Waals surface area contributed by atoms with Crippen LogP contribution in [0.15, 0.2) is 27.6 Å². The molecule has 0 heterocycles. The maximum atomic E-state index is 11.8. The predicted molar refractivity (Wildman–Crippen MR) is 86.4 cm³/mol. The molecule has 0 atom stereocenters. The summed E-state index contributed by atoms with van der Waals surface area (Å²) in [5.41, 5.74) is 6.45. The SMILES string of the molecule is CCN(CC)C(=O)CCCSc1ccc(N)cc1Br. The van der Waals surface area contributed by atoms with Gasteiger partial charge in [0.05, 0.1) is 0 Å². The predicted octanol–water partition coefficient (Wildman–Crippen LogP) is 3.77. The van der Waals surface area contributed by atoms with Gasteiger partial charge in [0.2, 0.25) is 5.91 Å². The van der Waals surface area contributed by atoms with Crippen LogP contribution in [0.25, 0.3) is 0 Å². The molecule has 2 N–H and O–H groups in total. The van der Waals surface area contributed by atoms with Crippen LogP contribution in [-0.2, 0) is 4.79 Å². The summed E-state index contributed by atoms with van der Waals surface area (Å²) in [6.07, 6.45) is 1.53. The number of hydrogen-bond acceptors (Lipinski definition) is 3. The molecule has 19 heavy (non-hydrogen) atoms. The Labute approximate surface area is 128 Å². The number of anilines is 1. The van der Waals surface area contributed by atoms with Gasteiger partial charge in [-0.05, 0) is 60.2 Å². The van der Waals surface area contributed by atoms with Crippen molar-refractivity contribution in [3.8, 4) is 0 Å². The van der Waals surface area contributed by atoms with Crippen LogP contribution in [0.2, 0.25) is 0 Å². The second kappa shape index (κ2) is 8.48. The Kier molecular flexibility index (Phi) is 7.31. The monoisotopic (exact) mass is 344 g/mol. The second-order valence-electron chi connectivity index (χ2n) is 4.21. The fourth-order valence-electron chi connectivity index (χ4n) is 1.77. The molecule has 1 aromatic rings. The summed E-state index contributed by atoms with van der Waals surface area (Å²) in [4.78, 5) is 14.9. The standard InChI is InChI=1S/C14H21BrN2OS/c1-3-17(4-2)14(18)6-5-9-19-13-8-7-11(16)10-12(13)15/h7-8,10H,3-6,9,16H2,1-2H3. The lowest BCUT2D eigenvalue weighted by molar-refractivity contribution is -0.130. The van der Waals surface area contributed by atoms with Gasteiger partial charge in [0.1, 0.15) is 0 Å². The molecule has 0 aliphatic rings. The molecular weight excluding hydrogens is 324 g/mol. The van der Waals surface area contributed by atoms with Gasteiger partial charge in [-0.3, -0.25) is 4.79 Å². The molecule has 0 aliphatic heterocycles. The van der Waals surface area contributed by atoms with Gasteiger partial charge in [0, 0.05) is 34.6 Å². The molecule has 0 radical (unpaired) electrons. The molecule has 0 saturated carbocycles. The largest absolute Gasteiger partial charge is 0.399 e. The van der Waals surface area contributed by atoms with Crippen LogP contribution in [0.4, 0.5) is 5.69 Å². The molecule has 1 aromatic carbocycles. The minimum atomic E-state index is 0.252. The molecule has 0 fully saturated rings. The van der Waals surface area contributed by atoms with Crippen LogP contribution in [0.3, 0.4) is 0 Å². The van der Waals surface area contributed by atoms with Crippen molar-refractivity contribution < 1.29 is 4.79 Å². The van der Waals surface area contributed by atoms with Gasteiger partial charge in [-0.25, -0.2) is 0 Å². The van der Waals surface area contributed by atoms with E-state index in [9.17, 15) is 4.79 Å². The Hall–Kier alpha value is -0.680. The quantitative estimate of drug-likeness (QED) is 0.465. The van der Waals surface area contributed by atoms with E-state index in [1.165, 1.54) is 4.90 Å². The third-order valence-electron chi connectivity index (χ3n) is 2.86. The van der Waals surface area contributed by atoms with Gasteiger partial charge >= 0.3 is 0 Å².